The van der Waals surface area contributed by atoms with Gasteiger partial charge in [-0.1, -0.05) is 6.92 Å². The van der Waals surface area contributed by atoms with Gasteiger partial charge < -0.3 is 15.0 Å². The highest BCUT2D eigenvalue weighted by Crippen LogP contribution is 2.17. The molecule has 1 heterocycles. The third-order valence-corrected chi connectivity index (χ3v) is 2.83. The molecular weight excluding hydrogens is 232 g/mol. The molecule has 0 aromatic rings. The first kappa shape index (κ1) is 14.8. The van der Waals surface area contributed by atoms with Crippen molar-refractivity contribution < 1.29 is 14.3 Å². The first-order valence-electron chi connectivity index (χ1n) is 6.42. The number of piperidine rings is 1. The van der Waals surface area contributed by atoms with Gasteiger partial charge in [0.2, 0.25) is 5.91 Å². The second kappa shape index (κ2) is 5.59. The van der Waals surface area contributed by atoms with E-state index >= 15 is 0 Å². The smallest absolute Gasteiger partial charge is 0.407 e. The number of carbonyl (C=O) groups is 2. The summed E-state index contributed by atoms with van der Waals surface area (Å²) in [4.78, 5) is 24.8. The summed E-state index contributed by atoms with van der Waals surface area (Å²) < 4.78 is 5.22. The van der Waals surface area contributed by atoms with Crippen LogP contribution < -0.4 is 5.32 Å². The SMILES string of the molecule is CC(=O)N1CC(C)CC(NC(=O)OC(C)(C)C)C1. The average Bonchev–Trinajstić information content (AvgIpc) is 2.12. The van der Waals surface area contributed by atoms with Gasteiger partial charge in [-0.05, 0) is 33.1 Å². The summed E-state index contributed by atoms with van der Waals surface area (Å²) in [5, 5.41) is 2.84. The Kier molecular flexibility index (Phi) is 4.59. The number of alkyl carbamates (subject to hydrolysis) is 1. The standard InChI is InChI=1S/C13H24N2O3/c1-9-6-11(8-15(7-9)10(2)16)14-12(17)18-13(3,4)5/h9,11H,6-8H2,1-5H3,(H,14,17). The Hall–Kier alpha value is -1.26. The monoisotopic (exact) mass is 256 g/mol. The van der Waals surface area contributed by atoms with Gasteiger partial charge in [-0.15, -0.1) is 0 Å². The van der Waals surface area contributed by atoms with Crippen LogP contribution in [0.25, 0.3) is 0 Å². The van der Waals surface area contributed by atoms with Crippen LogP contribution in [0.3, 0.4) is 0 Å². The molecule has 5 nitrogen and oxygen atoms in total. The van der Waals surface area contributed by atoms with Crippen LogP contribution in [-0.4, -0.2) is 41.6 Å². The molecule has 1 saturated heterocycles. The highest BCUT2D eigenvalue weighted by Gasteiger charge is 2.28. The van der Waals surface area contributed by atoms with E-state index in [-0.39, 0.29) is 11.9 Å². The fourth-order valence-electron chi connectivity index (χ4n) is 2.19. The molecular formula is C13H24N2O3. The molecule has 0 aromatic heterocycles. The summed E-state index contributed by atoms with van der Waals surface area (Å²) in [7, 11) is 0. The molecule has 104 valence electrons. The molecule has 2 unspecified atom stereocenters. The molecule has 0 aliphatic carbocycles. The average molecular weight is 256 g/mol. The summed E-state index contributed by atoms with van der Waals surface area (Å²) in [6, 6.07) is -0.0208. The number of hydrogen-bond donors (Lipinski definition) is 1. The molecule has 0 radical (unpaired) electrons. The normalized spacial score (nSPS) is 24.6. The van der Waals surface area contributed by atoms with Gasteiger partial charge in [-0.3, -0.25) is 4.79 Å². The fraction of sp³-hybridized carbons (Fsp3) is 0.846. The third kappa shape index (κ3) is 4.94. The molecule has 5 heteroatoms. The number of nitrogens with one attached hydrogen (secondary N) is 1. The van der Waals surface area contributed by atoms with Crippen LogP contribution in [0.1, 0.15) is 41.0 Å². The first-order valence-corrected chi connectivity index (χ1v) is 6.42. The van der Waals surface area contributed by atoms with E-state index in [2.05, 4.69) is 12.2 Å². The zero-order valence-corrected chi connectivity index (χ0v) is 11.9. The molecule has 0 spiro atoms. The van der Waals surface area contributed by atoms with Gasteiger partial charge >= 0.3 is 6.09 Å². The molecule has 18 heavy (non-hydrogen) atoms. The van der Waals surface area contributed by atoms with Crippen molar-refractivity contribution in [2.75, 3.05) is 13.1 Å². The summed E-state index contributed by atoms with van der Waals surface area (Å²) >= 11 is 0. The predicted molar refractivity (Wildman–Crippen MR) is 69.2 cm³/mol. The first-order chi connectivity index (χ1) is 8.17. The van der Waals surface area contributed by atoms with Crippen molar-refractivity contribution >= 4 is 12.0 Å². The maximum absolute atomic E-state index is 11.7. The van der Waals surface area contributed by atoms with Crippen LogP contribution >= 0.6 is 0 Å². The van der Waals surface area contributed by atoms with Gasteiger partial charge in [0.05, 0.1) is 6.04 Å². The molecule has 1 fully saturated rings. The quantitative estimate of drug-likeness (QED) is 0.778. The molecule has 1 N–H and O–H groups in total. The fourth-order valence-corrected chi connectivity index (χ4v) is 2.19. The van der Waals surface area contributed by atoms with Crippen molar-refractivity contribution in [3.05, 3.63) is 0 Å². The summed E-state index contributed by atoms with van der Waals surface area (Å²) in [6.45, 7) is 10.5. The summed E-state index contributed by atoms with van der Waals surface area (Å²) in [5.74, 6) is 0.445. The number of carbonyl (C=O) groups excluding carboxylic acids is 2. The van der Waals surface area contributed by atoms with Crippen LogP contribution in [0.5, 0.6) is 0 Å². The zero-order chi connectivity index (χ0) is 13.9. The van der Waals surface area contributed by atoms with Crippen LogP contribution in [0.15, 0.2) is 0 Å². The molecule has 0 aromatic carbocycles. The van der Waals surface area contributed by atoms with E-state index in [1.165, 1.54) is 0 Å². The second-order valence-corrected chi connectivity index (χ2v) is 6.11. The lowest BCUT2D eigenvalue weighted by Crippen LogP contribution is -2.52. The van der Waals surface area contributed by atoms with Crippen molar-refractivity contribution in [2.24, 2.45) is 5.92 Å². The number of amides is 2. The van der Waals surface area contributed by atoms with E-state index in [0.29, 0.717) is 12.5 Å². The number of hydrogen-bond acceptors (Lipinski definition) is 3. The minimum absolute atomic E-state index is 0.0208. The summed E-state index contributed by atoms with van der Waals surface area (Å²) in [5.41, 5.74) is -0.495. The van der Waals surface area contributed by atoms with E-state index in [1.807, 2.05) is 20.8 Å². The molecule has 0 bridgehead atoms. The maximum Gasteiger partial charge on any atom is 0.407 e. The molecule has 0 saturated carbocycles. The van der Waals surface area contributed by atoms with Crippen molar-refractivity contribution in [1.82, 2.24) is 10.2 Å². The van der Waals surface area contributed by atoms with E-state index in [9.17, 15) is 9.59 Å². The van der Waals surface area contributed by atoms with Crippen LogP contribution in [0.4, 0.5) is 4.79 Å². The van der Waals surface area contributed by atoms with Crippen molar-refractivity contribution in [1.29, 1.82) is 0 Å². The Bertz CT molecular complexity index is 323. The Balaban J connectivity index is 2.51. The summed E-state index contributed by atoms with van der Waals surface area (Å²) in [6.07, 6.45) is 0.466. The van der Waals surface area contributed by atoms with Crippen LogP contribution in [-0.2, 0) is 9.53 Å². The van der Waals surface area contributed by atoms with Gasteiger partial charge in [0.1, 0.15) is 5.60 Å². The van der Waals surface area contributed by atoms with Crippen LogP contribution in [0.2, 0.25) is 0 Å². The van der Waals surface area contributed by atoms with Crippen molar-refractivity contribution in [2.45, 2.75) is 52.7 Å². The van der Waals surface area contributed by atoms with Gasteiger partial charge in [0, 0.05) is 20.0 Å². The Morgan fingerprint density at radius 3 is 2.39 bits per heavy atom. The Morgan fingerprint density at radius 1 is 1.28 bits per heavy atom. The molecule has 1 aliphatic heterocycles. The van der Waals surface area contributed by atoms with Gasteiger partial charge in [0.25, 0.3) is 0 Å². The maximum atomic E-state index is 11.7. The number of ether oxygens (including phenoxy) is 1. The lowest BCUT2D eigenvalue weighted by atomic mass is 9.96. The van der Waals surface area contributed by atoms with Gasteiger partial charge in [0.15, 0.2) is 0 Å². The largest absolute Gasteiger partial charge is 0.444 e. The van der Waals surface area contributed by atoms with E-state index in [0.717, 1.165) is 13.0 Å². The van der Waals surface area contributed by atoms with Gasteiger partial charge in [-0.25, -0.2) is 4.79 Å². The minimum atomic E-state index is -0.495. The molecule has 2 amide bonds. The number of likely N-dealkylation sites (tertiary alicyclic amines) is 1. The van der Waals surface area contributed by atoms with E-state index in [1.54, 1.807) is 11.8 Å². The Morgan fingerprint density at radius 2 is 1.89 bits per heavy atom. The Labute approximate surface area is 109 Å². The molecule has 2 atom stereocenters. The number of rotatable bonds is 1. The van der Waals surface area contributed by atoms with E-state index in [4.69, 9.17) is 4.74 Å². The molecule has 1 rings (SSSR count). The minimum Gasteiger partial charge on any atom is -0.444 e. The lowest BCUT2D eigenvalue weighted by molar-refractivity contribution is -0.131. The number of nitrogens with zero attached hydrogens (tertiary/aromatic N) is 1. The third-order valence-electron chi connectivity index (χ3n) is 2.83. The van der Waals surface area contributed by atoms with E-state index < -0.39 is 11.7 Å². The zero-order valence-electron chi connectivity index (χ0n) is 11.9. The van der Waals surface area contributed by atoms with Gasteiger partial charge in [-0.2, -0.15) is 0 Å². The van der Waals surface area contributed by atoms with Crippen molar-refractivity contribution in [3.8, 4) is 0 Å². The second-order valence-electron chi connectivity index (χ2n) is 6.11. The highest BCUT2D eigenvalue weighted by atomic mass is 16.6. The predicted octanol–water partition coefficient (Wildman–Crippen LogP) is 1.77. The lowest BCUT2D eigenvalue weighted by Gasteiger charge is -2.36. The highest BCUT2D eigenvalue weighted by molar-refractivity contribution is 5.73. The van der Waals surface area contributed by atoms with Crippen LogP contribution in [0, 0.1) is 5.92 Å². The molecule has 1 aliphatic rings. The van der Waals surface area contributed by atoms with Crippen molar-refractivity contribution in [3.63, 3.8) is 0 Å². The topological polar surface area (TPSA) is 58.6 Å².